The van der Waals surface area contributed by atoms with Crippen molar-refractivity contribution in [2.24, 2.45) is 10.9 Å². The fourth-order valence-corrected chi connectivity index (χ4v) is 3.74. The van der Waals surface area contributed by atoms with E-state index in [0.717, 1.165) is 6.92 Å². The lowest BCUT2D eigenvalue weighted by molar-refractivity contribution is -0.153. The number of hydrogen-bond donors (Lipinski definition) is 1. The number of nitrogens with zero attached hydrogens (tertiary/aromatic N) is 1. The van der Waals surface area contributed by atoms with Crippen molar-refractivity contribution in [3.63, 3.8) is 0 Å². The van der Waals surface area contributed by atoms with Crippen LogP contribution in [0.15, 0.2) is 46.5 Å². The Hall–Kier alpha value is -3.69. The Morgan fingerprint density at radius 3 is 2.25 bits per heavy atom. The molecule has 1 N–H and O–H groups in total. The molecule has 0 aromatic heterocycles. The van der Waals surface area contributed by atoms with Crippen molar-refractivity contribution in [2.75, 3.05) is 14.2 Å². The number of aliphatic imine (C=N–C) groups is 1. The molecule has 0 saturated carbocycles. The van der Waals surface area contributed by atoms with Gasteiger partial charge in [-0.25, -0.2) is 9.18 Å². The van der Waals surface area contributed by atoms with Gasteiger partial charge in [-0.1, -0.05) is 19.9 Å². The van der Waals surface area contributed by atoms with E-state index >= 15 is 0 Å². The van der Waals surface area contributed by atoms with Gasteiger partial charge in [0.1, 0.15) is 23.7 Å². The topological polar surface area (TPSA) is 113 Å². The van der Waals surface area contributed by atoms with E-state index in [1.54, 1.807) is 19.9 Å². The highest BCUT2D eigenvalue weighted by Crippen LogP contribution is 2.36. The molecule has 10 heteroatoms. The van der Waals surface area contributed by atoms with E-state index in [0.29, 0.717) is 11.3 Å². The van der Waals surface area contributed by atoms with Gasteiger partial charge in [0.2, 0.25) is 5.76 Å². The van der Waals surface area contributed by atoms with Crippen LogP contribution in [0.1, 0.15) is 53.0 Å². The van der Waals surface area contributed by atoms with Gasteiger partial charge < -0.3 is 24.3 Å². The Bertz CT molecular complexity index is 1030. The van der Waals surface area contributed by atoms with E-state index in [-0.39, 0.29) is 29.1 Å². The zero-order chi connectivity index (χ0) is 27.6. The maximum Gasteiger partial charge on any atom is 0.328 e. The van der Waals surface area contributed by atoms with Crippen LogP contribution in [-0.2, 0) is 28.6 Å². The Balaban J connectivity index is 3.14. The van der Waals surface area contributed by atoms with Crippen molar-refractivity contribution in [1.29, 1.82) is 0 Å². The second-order valence-corrected chi connectivity index (χ2v) is 8.28. The Morgan fingerprint density at radius 2 is 1.78 bits per heavy atom. The van der Waals surface area contributed by atoms with Crippen LogP contribution in [0.25, 0.3) is 0 Å². The Morgan fingerprint density at radius 1 is 1.14 bits per heavy atom. The number of esters is 2. The highest BCUT2D eigenvalue weighted by molar-refractivity contribution is 5.97. The normalized spacial score (nSPS) is 14.7. The van der Waals surface area contributed by atoms with Crippen LogP contribution >= 0.6 is 0 Å². The summed E-state index contributed by atoms with van der Waals surface area (Å²) >= 11 is 0. The van der Waals surface area contributed by atoms with Crippen LogP contribution in [0.2, 0.25) is 0 Å². The second-order valence-electron chi connectivity index (χ2n) is 8.28. The molecule has 9 nitrogen and oxygen atoms in total. The largest absolute Gasteiger partial charge is 0.496 e. The molecule has 1 aromatic carbocycles. The Labute approximate surface area is 211 Å². The molecule has 0 aliphatic carbocycles. The van der Waals surface area contributed by atoms with Crippen molar-refractivity contribution < 1.29 is 37.7 Å². The van der Waals surface area contributed by atoms with Gasteiger partial charge in [0.15, 0.2) is 11.5 Å². The van der Waals surface area contributed by atoms with Gasteiger partial charge in [-0.3, -0.25) is 14.6 Å². The number of methoxy groups -OCH3 is 2. The van der Waals surface area contributed by atoms with E-state index < -0.39 is 35.8 Å². The van der Waals surface area contributed by atoms with E-state index in [9.17, 15) is 18.8 Å². The molecule has 36 heavy (non-hydrogen) atoms. The molecular weight excluding hydrogens is 471 g/mol. The van der Waals surface area contributed by atoms with E-state index in [4.69, 9.17) is 18.9 Å². The molecule has 0 saturated heterocycles. The lowest BCUT2D eigenvalue weighted by atomic mass is 9.84. The molecule has 1 aromatic rings. The second kappa shape index (κ2) is 14.0. The summed E-state index contributed by atoms with van der Waals surface area (Å²) < 4.78 is 34.9. The van der Waals surface area contributed by atoms with Crippen LogP contribution in [0.4, 0.5) is 4.39 Å². The number of allylic oxidation sites excluding steroid dienone is 1. The third kappa shape index (κ3) is 7.93. The minimum atomic E-state index is -1.09. The number of nitrogens with one attached hydrogen (secondary N) is 1. The first-order valence-electron chi connectivity index (χ1n) is 11.4. The van der Waals surface area contributed by atoms with Crippen LogP contribution in [-0.4, -0.2) is 50.9 Å². The number of benzene rings is 1. The first kappa shape index (κ1) is 30.3. The predicted octanol–water partition coefficient (Wildman–Crippen LogP) is 4.04. The van der Waals surface area contributed by atoms with Crippen LogP contribution in [0.5, 0.6) is 5.75 Å². The molecule has 0 heterocycles. The van der Waals surface area contributed by atoms with Gasteiger partial charge in [0.05, 0.1) is 14.2 Å². The number of rotatable bonds is 12. The van der Waals surface area contributed by atoms with E-state index in [2.05, 4.69) is 17.0 Å². The molecule has 0 aliphatic rings. The van der Waals surface area contributed by atoms with Gasteiger partial charge >= 0.3 is 11.9 Å². The van der Waals surface area contributed by atoms with Gasteiger partial charge in [-0.2, -0.15) is 0 Å². The van der Waals surface area contributed by atoms with Gasteiger partial charge in [0, 0.05) is 24.5 Å². The first-order valence-corrected chi connectivity index (χ1v) is 11.4. The monoisotopic (exact) mass is 506 g/mol. The van der Waals surface area contributed by atoms with E-state index in [1.165, 1.54) is 39.4 Å². The average Bonchev–Trinajstić information content (AvgIpc) is 2.80. The lowest BCUT2D eigenvalue weighted by Gasteiger charge is -2.30. The van der Waals surface area contributed by atoms with Crippen LogP contribution < -0.4 is 10.1 Å². The maximum absolute atomic E-state index is 13.7. The predicted molar refractivity (Wildman–Crippen MR) is 133 cm³/mol. The summed E-state index contributed by atoms with van der Waals surface area (Å²) in [4.78, 5) is 40.9. The highest BCUT2D eigenvalue weighted by Gasteiger charge is 2.31. The standard InChI is InChI=1S/C26H35FN2O7/c1-10-20(33-8)24(36-17(6)30)23(28-7)25(31)29-15(4)26(32)35-16(5)22(14(2)3)19-12-11-18(27)13-21(19)34-9/h10-16,22H,7H2,1-6,8-9H3,(H,29,31)/b20-10+,24-23+/t15-,16-,22-/m0/s1. The van der Waals surface area contributed by atoms with Crippen LogP contribution in [0.3, 0.4) is 0 Å². The smallest absolute Gasteiger partial charge is 0.328 e. The molecular formula is C26H35FN2O7. The summed E-state index contributed by atoms with van der Waals surface area (Å²) in [7, 11) is 2.77. The third-order valence-corrected chi connectivity index (χ3v) is 5.32. The number of carbonyl (C=O) groups excluding carboxylic acids is 3. The fourth-order valence-electron chi connectivity index (χ4n) is 3.74. The number of carbonyl (C=O) groups is 3. The maximum atomic E-state index is 13.7. The molecule has 0 aliphatic heterocycles. The molecule has 198 valence electrons. The van der Waals surface area contributed by atoms with E-state index in [1.807, 2.05) is 13.8 Å². The molecule has 1 amide bonds. The highest BCUT2D eigenvalue weighted by atomic mass is 19.1. The summed E-state index contributed by atoms with van der Waals surface area (Å²) in [6.07, 6.45) is 0.842. The summed E-state index contributed by atoms with van der Waals surface area (Å²) in [5.74, 6) is -2.79. The Kier molecular flexibility index (Phi) is 11.8. The molecule has 1 rings (SSSR count). The third-order valence-electron chi connectivity index (χ3n) is 5.32. The van der Waals surface area contributed by atoms with Crippen molar-refractivity contribution >= 4 is 24.6 Å². The van der Waals surface area contributed by atoms with Crippen molar-refractivity contribution in [3.05, 3.63) is 52.9 Å². The number of amides is 1. The van der Waals surface area contributed by atoms with Gasteiger partial charge in [0.25, 0.3) is 5.91 Å². The first-order chi connectivity index (χ1) is 16.9. The zero-order valence-corrected chi connectivity index (χ0v) is 22.0. The lowest BCUT2D eigenvalue weighted by Crippen LogP contribution is -2.42. The van der Waals surface area contributed by atoms with Crippen molar-refractivity contribution in [2.45, 2.75) is 59.6 Å². The van der Waals surface area contributed by atoms with Crippen LogP contribution in [0, 0.1) is 11.7 Å². The summed E-state index contributed by atoms with van der Waals surface area (Å²) in [5, 5.41) is 2.48. The average molecular weight is 507 g/mol. The summed E-state index contributed by atoms with van der Waals surface area (Å²) in [6, 6.07) is 3.11. The number of hydrogen-bond acceptors (Lipinski definition) is 8. The number of ether oxygens (including phenoxy) is 4. The van der Waals surface area contributed by atoms with Gasteiger partial charge in [-0.15, -0.1) is 0 Å². The quantitative estimate of drug-likeness (QED) is 0.150. The molecule has 0 bridgehead atoms. The molecule has 0 unspecified atom stereocenters. The number of halogens is 1. The minimum Gasteiger partial charge on any atom is -0.496 e. The molecule has 0 fully saturated rings. The minimum absolute atomic E-state index is 0.0103. The zero-order valence-electron chi connectivity index (χ0n) is 22.0. The molecule has 0 radical (unpaired) electrons. The van der Waals surface area contributed by atoms with Crippen molar-refractivity contribution in [1.82, 2.24) is 5.32 Å². The van der Waals surface area contributed by atoms with Crippen molar-refractivity contribution in [3.8, 4) is 5.75 Å². The molecule has 0 spiro atoms. The van der Waals surface area contributed by atoms with Gasteiger partial charge in [-0.05, 0) is 45.5 Å². The fraction of sp³-hybridized carbons (Fsp3) is 0.462. The SMILES string of the molecule is C=N/C(C(=O)N[C@@H](C)C(=O)O[C@@H](C)[C@@H](c1ccc(F)cc1OC)C(C)C)=C(OC(C)=O)\C(=C/C)OC. The summed E-state index contributed by atoms with van der Waals surface area (Å²) in [6.45, 7) is 13.2. The molecule has 3 atom stereocenters. The summed E-state index contributed by atoms with van der Waals surface area (Å²) in [5.41, 5.74) is 0.348.